The SMILES string of the molecule is CC.CCOC.Cc1cc(CCCC(C)(C)COC(=O)NC(C(=O)N2CCCC2C=O)C2CCCC2)cc2c(=O)[nH]ccc12. The van der Waals surface area contributed by atoms with Gasteiger partial charge >= 0.3 is 6.09 Å². The maximum Gasteiger partial charge on any atom is 0.407 e. The number of pyridine rings is 1. The Morgan fingerprint density at radius 1 is 1.14 bits per heavy atom. The van der Waals surface area contributed by atoms with Crippen LogP contribution in [0.2, 0.25) is 0 Å². The highest BCUT2D eigenvalue weighted by molar-refractivity contribution is 5.88. The Balaban J connectivity index is 0.00000104. The van der Waals surface area contributed by atoms with Crippen LogP contribution in [0, 0.1) is 18.3 Å². The minimum absolute atomic E-state index is 0.0759. The van der Waals surface area contributed by atoms with E-state index < -0.39 is 18.2 Å². The summed E-state index contributed by atoms with van der Waals surface area (Å²) < 4.78 is 10.2. The number of likely N-dealkylation sites (tertiary alicyclic amines) is 1. The molecule has 2 N–H and O–H groups in total. The van der Waals surface area contributed by atoms with Crippen molar-refractivity contribution in [2.24, 2.45) is 11.3 Å². The lowest BCUT2D eigenvalue weighted by molar-refractivity contribution is -0.137. The van der Waals surface area contributed by atoms with E-state index in [-0.39, 0.29) is 29.4 Å². The van der Waals surface area contributed by atoms with Gasteiger partial charge in [-0.2, -0.15) is 0 Å². The van der Waals surface area contributed by atoms with Crippen molar-refractivity contribution in [2.45, 2.75) is 111 Å². The standard InChI is InChI=1S/C30H41N3O5.C3H8O.C2H6/c1-20-16-21(17-25-24(20)12-14-31-27(25)35)8-6-13-30(2,3)19-38-29(37)32-26(22-9-4-5-10-22)28(36)33-15-7-11-23(33)18-34;1-3-4-2;1-2/h12,14,16-18,22-23,26H,4-11,13,15,19H2,1-3H3,(H,31,35)(H,32,37);3H2,1-2H3;1-2H3. The zero-order valence-corrected chi connectivity index (χ0v) is 28.0. The molecule has 9 heteroatoms. The Hall–Kier alpha value is -3.20. The summed E-state index contributed by atoms with van der Waals surface area (Å²) in [6.45, 7) is 13.7. The van der Waals surface area contributed by atoms with E-state index >= 15 is 0 Å². The molecule has 4 rings (SSSR count). The molecule has 0 bridgehead atoms. The van der Waals surface area contributed by atoms with Crippen LogP contribution in [0.15, 0.2) is 29.2 Å². The molecular formula is C35H55N3O6. The number of aromatic nitrogens is 1. The third-order valence-electron chi connectivity index (χ3n) is 8.51. The van der Waals surface area contributed by atoms with Crippen molar-refractivity contribution in [1.82, 2.24) is 15.2 Å². The Morgan fingerprint density at radius 2 is 1.82 bits per heavy atom. The molecule has 2 heterocycles. The van der Waals surface area contributed by atoms with Crippen LogP contribution >= 0.6 is 0 Å². The third kappa shape index (κ3) is 10.8. The van der Waals surface area contributed by atoms with Gasteiger partial charge in [0.15, 0.2) is 0 Å². The monoisotopic (exact) mass is 613 g/mol. The number of aryl methyl sites for hydroxylation is 2. The second-order valence-electron chi connectivity index (χ2n) is 12.4. The van der Waals surface area contributed by atoms with Crippen molar-refractivity contribution < 1.29 is 23.9 Å². The number of H-pyrrole nitrogens is 1. The first-order valence-corrected chi connectivity index (χ1v) is 16.4. The molecule has 2 aromatic rings. The van der Waals surface area contributed by atoms with Crippen LogP contribution in [0.25, 0.3) is 10.8 Å². The number of fused-ring (bicyclic) bond motifs is 1. The number of carbonyl (C=O) groups is 3. The number of aldehydes is 1. The van der Waals surface area contributed by atoms with Crippen molar-refractivity contribution in [1.29, 1.82) is 0 Å². The molecule has 2 amide bonds. The summed E-state index contributed by atoms with van der Waals surface area (Å²) in [6, 6.07) is 4.99. The van der Waals surface area contributed by atoms with Crippen molar-refractivity contribution >= 4 is 29.1 Å². The lowest BCUT2D eigenvalue weighted by Gasteiger charge is -2.30. The highest BCUT2D eigenvalue weighted by Crippen LogP contribution is 2.30. The van der Waals surface area contributed by atoms with Gasteiger partial charge in [0.1, 0.15) is 12.3 Å². The molecule has 0 spiro atoms. The molecule has 246 valence electrons. The predicted molar refractivity (Wildman–Crippen MR) is 176 cm³/mol. The summed E-state index contributed by atoms with van der Waals surface area (Å²) in [5.74, 6) is -0.0826. The van der Waals surface area contributed by atoms with E-state index in [9.17, 15) is 19.2 Å². The van der Waals surface area contributed by atoms with Gasteiger partial charge in [-0.15, -0.1) is 0 Å². The van der Waals surface area contributed by atoms with Crippen molar-refractivity contribution in [3.8, 4) is 0 Å². The number of benzene rings is 1. The highest BCUT2D eigenvalue weighted by atomic mass is 16.5. The lowest BCUT2D eigenvalue weighted by atomic mass is 9.87. The van der Waals surface area contributed by atoms with Gasteiger partial charge in [0.05, 0.1) is 12.6 Å². The van der Waals surface area contributed by atoms with Gasteiger partial charge in [-0.05, 0) is 98.8 Å². The van der Waals surface area contributed by atoms with Gasteiger partial charge in [0.25, 0.3) is 5.56 Å². The smallest absolute Gasteiger partial charge is 0.407 e. The van der Waals surface area contributed by atoms with Crippen LogP contribution in [0.4, 0.5) is 4.79 Å². The number of nitrogens with zero attached hydrogens (tertiary/aromatic N) is 1. The molecule has 1 aliphatic heterocycles. The van der Waals surface area contributed by atoms with Crippen LogP contribution in [-0.2, 0) is 25.5 Å². The molecule has 1 aromatic heterocycles. The topological polar surface area (TPSA) is 118 Å². The summed E-state index contributed by atoms with van der Waals surface area (Å²) in [7, 11) is 1.68. The summed E-state index contributed by atoms with van der Waals surface area (Å²) in [5, 5.41) is 4.54. The Kier molecular flexibility index (Phi) is 15.6. The van der Waals surface area contributed by atoms with Gasteiger partial charge in [-0.25, -0.2) is 4.79 Å². The molecule has 2 fully saturated rings. The molecule has 44 heavy (non-hydrogen) atoms. The Labute approximate surface area is 263 Å². The summed E-state index contributed by atoms with van der Waals surface area (Å²) in [4.78, 5) is 54.2. The fourth-order valence-corrected chi connectivity index (χ4v) is 6.04. The van der Waals surface area contributed by atoms with E-state index in [4.69, 9.17) is 4.74 Å². The average molecular weight is 614 g/mol. The van der Waals surface area contributed by atoms with Crippen LogP contribution in [0.5, 0.6) is 0 Å². The van der Waals surface area contributed by atoms with E-state index in [0.29, 0.717) is 18.4 Å². The van der Waals surface area contributed by atoms with Crippen molar-refractivity contribution in [3.63, 3.8) is 0 Å². The number of alkyl carbamates (subject to hydrolysis) is 1. The maximum atomic E-state index is 13.3. The zero-order chi connectivity index (χ0) is 32.7. The summed E-state index contributed by atoms with van der Waals surface area (Å²) in [5.41, 5.74) is 1.88. The fraction of sp³-hybridized carbons (Fsp3) is 0.657. The van der Waals surface area contributed by atoms with Crippen molar-refractivity contribution in [3.05, 3.63) is 45.9 Å². The summed E-state index contributed by atoms with van der Waals surface area (Å²) >= 11 is 0. The van der Waals surface area contributed by atoms with Gasteiger partial charge < -0.3 is 29.5 Å². The van der Waals surface area contributed by atoms with E-state index in [1.54, 1.807) is 18.2 Å². The molecule has 1 saturated heterocycles. The highest BCUT2D eigenvalue weighted by Gasteiger charge is 2.39. The largest absolute Gasteiger partial charge is 0.449 e. The Morgan fingerprint density at radius 3 is 2.45 bits per heavy atom. The zero-order valence-electron chi connectivity index (χ0n) is 28.0. The quantitative estimate of drug-likeness (QED) is 0.286. The van der Waals surface area contributed by atoms with Gasteiger partial charge in [0, 0.05) is 31.8 Å². The average Bonchev–Trinajstić information content (AvgIpc) is 3.73. The second kappa shape index (κ2) is 18.6. The molecule has 9 nitrogen and oxygen atoms in total. The minimum Gasteiger partial charge on any atom is -0.449 e. The summed E-state index contributed by atoms with van der Waals surface area (Å²) in [6.07, 6.45) is 9.85. The normalized spacial score (nSPS) is 17.2. The predicted octanol–water partition coefficient (Wildman–Crippen LogP) is 6.34. The molecule has 1 aromatic carbocycles. The first kappa shape index (κ1) is 37.0. The molecular weight excluding hydrogens is 558 g/mol. The maximum absolute atomic E-state index is 13.3. The number of carbonyl (C=O) groups excluding carboxylic acids is 3. The second-order valence-corrected chi connectivity index (χ2v) is 12.4. The first-order valence-electron chi connectivity index (χ1n) is 16.4. The molecule has 0 radical (unpaired) electrons. The van der Waals surface area contributed by atoms with Crippen LogP contribution in [-0.4, -0.2) is 67.1 Å². The van der Waals surface area contributed by atoms with Crippen LogP contribution < -0.4 is 10.9 Å². The molecule has 1 aliphatic carbocycles. The van der Waals surface area contributed by atoms with E-state index in [0.717, 1.165) is 80.8 Å². The molecule has 2 unspecified atom stereocenters. The fourth-order valence-electron chi connectivity index (χ4n) is 6.04. The Bertz CT molecular complexity index is 1250. The number of ether oxygens (including phenoxy) is 2. The van der Waals surface area contributed by atoms with Gasteiger partial charge in [-0.1, -0.05) is 46.6 Å². The number of hydrogen-bond acceptors (Lipinski definition) is 6. The minimum atomic E-state index is -0.645. The van der Waals surface area contributed by atoms with E-state index in [2.05, 4.69) is 35.0 Å². The third-order valence-corrected chi connectivity index (χ3v) is 8.51. The van der Waals surface area contributed by atoms with Gasteiger partial charge in [-0.3, -0.25) is 9.59 Å². The lowest BCUT2D eigenvalue weighted by Crippen LogP contribution is -2.53. The number of nitrogens with one attached hydrogen (secondary N) is 2. The number of hydrogen-bond donors (Lipinski definition) is 2. The molecule has 2 aliphatic rings. The van der Waals surface area contributed by atoms with E-state index in [1.165, 1.54) is 0 Å². The van der Waals surface area contributed by atoms with Crippen molar-refractivity contribution in [2.75, 3.05) is 26.9 Å². The molecule has 1 saturated carbocycles. The van der Waals surface area contributed by atoms with E-state index in [1.807, 2.05) is 39.8 Å². The number of methoxy groups -OCH3 is 1. The number of aromatic amines is 1. The van der Waals surface area contributed by atoms with Crippen LogP contribution in [0.3, 0.4) is 0 Å². The van der Waals surface area contributed by atoms with Crippen LogP contribution in [0.1, 0.15) is 97.1 Å². The first-order chi connectivity index (χ1) is 21.1. The van der Waals surface area contributed by atoms with Gasteiger partial charge in [0.2, 0.25) is 5.91 Å². The number of amides is 2. The number of rotatable bonds is 11. The molecule has 2 atom stereocenters.